The van der Waals surface area contributed by atoms with Gasteiger partial charge in [0.2, 0.25) is 5.91 Å². The molecule has 0 aromatic carbocycles. The summed E-state index contributed by atoms with van der Waals surface area (Å²) in [5, 5.41) is 6.29. The standard InChI is InChI=1S/C11H21N3O.ClH/c1-2-13-11(15)8-14-4-3-9-5-12-6-10(9)7-14;/h9-10,12H,2-8H2,1H3,(H,13,15);1H. The molecule has 0 bridgehead atoms. The fraction of sp³-hybridized carbons (Fsp3) is 0.909. The average Bonchev–Trinajstić information content (AvgIpc) is 2.65. The van der Waals surface area contributed by atoms with Gasteiger partial charge in [0.15, 0.2) is 0 Å². The van der Waals surface area contributed by atoms with Crippen molar-refractivity contribution in [2.45, 2.75) is 13.3 Å². The SMILES string of the molecule is CCNC(=O)CN1CCC2CNCC2C1.Cl. The number of likely N-dealkylation sites (tertiary alicyclic amines) is 1. The number of halogens is 1. The summed E-state index contributed by atoms with van der Waals surface area (Å²) in [5.74, 6) is 1.80. The molecule has 2 fully saturated rings. The third-order valence-corrected chi connectivity index (χ3v) is 3.53. The highest BCUT2D eigenvalue weighted by atomic mass is 35.5. The number of amides is 1. The second kappa shape index (κ2) is 6.42. The van der Waals surface area contributed by atoms with Crippen molar-refractivity contribution in [1.29, 1.82) is 0 Å². The van der Waals surface area contributed by atoms with Gasteiger partial charge >= 0.3 is 0 Å². The van der Waals surface area contributed by atoms with E-state index in [1.807, 2.05) is 6.92 Å². The van der Waals surface area contributed by atoms with Crippen LogP contribution in [0, 0.1) is 11.8 Å². The van der Waals surface area contributed by atoms with E-state index >= 15 is 0 Å². The van der Waals surface area contributed by atoms with Gasteiger partial charge in [0, 0.05) is 13.1 Å². The monoisotopic (exact) mass is 247 g/mol. The smallest absolute Gasteiger partial charge is 0.234 e. The van der Waals surface area contributed by atoms with Crippen molar-refractivity contribution < 1.29 is 4.79 Å². The van der Waals surface area contributed by atoms with Crippen LogP contribution in [0.15, 0.2) is 0 Å². The van der Waals surface area contributed by atoms with Crippen LogP contribution in [0.25, 0.3) is 0 Å². The van der Waals surface area contributed by atoms with E-state index < -0.39 is 0 Å². The number of nitrogens with one attached hydrogen (secondary N) is 2. The third-order valence-electron chi connectivity index (χ3n) is 3.53. The first-order valence-electron chi connectivity index (χ1n) is 5.99. The van der Waals surface area contributed by atoms with Gasteiger partial charge in [-0.05, 0) is 44.8 Å². The minimum Gasteiger partial charge on any atom is -0.355 e. The molecule has 16 heavy (non-hydrogen) atoms. The molecular formula is C11H22ClN3O. The second-order valence-corrected chi connectivity index (χ2v) is 4.66. The minimum absolute atomic E-state index is 0. The van der Waals surface area contributed by atoms with Crippen LogP contribution in [-0.4, -0.2) is 50.1 Å². The lowest BCUT2D eigenvalue weighted by Crippen LogP contribution is -2.45. The molecule has 1 amide bonds. The Bertz CT molecular complexity index is 237. The highest BCUT2D eigenvalue weighted by molar-refractivity contribution is 5.85. The van der Waals surface area contributed by atoms with E-state index in [-0.39, 0.29) is 18.3 Å². The van der Waals surface area contributed by atoms with E-state index in [4.69, 9.17) is 0 Å². The molecule has 2 atom stereocenters. The number of carbonyl (C=O) groups excluding carboxylic acids is 1. The maximum atomic E-state index is 11.4. The summed E-state index contributed by atoms with van der Waals surface area (Å²) in [7, 11) is 0. The summed E-state index contributed by atoms with van der Waals surface area (Å²) < 4.78 is 0. The topological polar surface area (TPSA) is 44.4 Å². The zero-order valence-corrected chi connectivity index (χ0v) is 10.7. The summed E-state index contributed by atoms with van der Waals surface area (Å²) in [6.45, 7) is 7.77. The Morgan fingerprint density at radius 1 is 1.44 bits per heavy atom. The van der Waals surface area contributed by atoms with Crippen LogP contribution in [0.5, 0.6) is 0 Å². The van der Waals surface area contributed by atoms with Gasteiger partial charge in [-0.15, -0.1) is 12.4 Å². The molecule has 2 saturated heterocycles. The summed E-state index contributed by atoms with van der Waals surface area (Å²) in [6, 6.07) is 0. The van der Waals surface area contributed by atoms with E-state index in [2.05, 4.69) is 15.5 Å². The summed E-state index contributed by atoms with van der Waals surface area (Å²) in [4.78, 5) is 13.7. The van der Waals surface area contributed by atoms with Crippen molar-refractivity contribution in [3.05, 3.63) is 0 Å². The van der Waals surface area contributed by atoms with Crippen LogP contribution in [0.4, 0.5) is 0 Å². The molecule has 0 saturated carbocycles. The van der Waals surface area contributed by atoms with Gasteiger partial charge in [-0.1, -0.05) is 0 Å². The van der Waals surface area contributed by atoms with Gasteiger partial charge in [-0.25, -0.2) is 0 Å². The van der Waals surface area contributed by atoms with E-state index in [0.717, 1.165) is 38.0 Å². The maximum Gasteiger partial charge on any atom is 0.234 e. The van der Waals surface area contributed by atoms with Gasteiger partial charge < -0.3 is 10.6 Å². The van der Waals surface area contributed by atoms with E-state index in [0.29, 0.717) is 6.54 Å². The Kier molecular flexibility index (Phi) is 5.52. The van der Waals surface area contributed by atoms with E-state index in [9.17, 15) is 4.79 Å². The van der Waals surface area contributed by atoms with Gasteiger partial charge in [-0.3, -0.25) is 9.69 Å². The molecule has 0 radical (unpaired) electrons. The lowest BCUT2D eigenvalue weighted by Gasteiger charge is -2.33. The molecule has 2 aliphatic rings. The van der Waals surface area contributed by atoms with Crippen LogP contribution in [-0.2, 0) is 4.79 Å². The zero-order valence-electron chi connectivity index (χ0n) is 9.87. The molecule has 2 unspecified atom stereocenters. The molecule has 0 aromatic rings. The Morgan fingerprint density at radius 2 is 2.19 bits per heavy atom. The van der Waals surface area contributed by atoms with Crippen molar-refractivity contribution in [2.24, 2.45) is 11.8 Å². The first-order chi connectivity index (χ1) is 7.29. The molecule has 0 aromatic heterocycles. The summed E-state index contributed by atoms with van der Waals surface area (Å²) >= 11 is 0. The number of likely N-dealkylation sites (N-methyl/N-ethyl adjacent to an activating group) is 1. The molecule has 5 heteroatoms. The Hall–Kier alpha value is -0.320. The number of piperidine rings is 1. The number of hydrogen-bond acceptors (Lipinski definition) is 3. The molecule has 0 spiro atoms. The third kappa shape index (κ3) is 3.34. The highest BCUT2D eigenvalue weighted by Gasteiger charge is 2.32. The number of nitrogens with zero attached hydrogens (tertiary/aromatic N) is 1. The van der Waals surface area contributed by atoms with E-state index in [1.54, 1.807) is 0 Å². The predicted octanol–water partition coefficient (Wildman–Crippen LogP) is 0.0856. The van der Waals surface area contributed by atoms with Crippen molar-refractivity contribution in [1.82, 2.24) is 15.5 Å². The molecule has 2 rings (SSSR count). The molecule has 4 nitrogen and oxygen atoms in total. The van der Waals surface area contributed by atoms with Gasteiger partial charge in [0.1, 0.15) is 0 Å². The van der Waals surface area contributed by atoms with Crippen LogP contribution in [0.3, 0.4) is 0 Å². The fourth-order valence-electron chi connectivity index (χ4n) is 2.71. The number of carbonyl (C=O) groups is 1. The molecular weight excluding hydrogens is 226 g/mol. The minimum atomic E-state index is 0. The molecule has 2 aliphatic heterocycles. The number of hydrogen-bond donors (Lipinski definition) is 2. The number of rotatable bonds is 3. The Labute approximate surface area is 104 Å². The van der Waals surface area contributed by atoms with Crippen molar-refractivity contribution in [3.8, 4) is 0 Å². The normalized spacial score (nSPS) is 29.3. The fourth-order valence-corrected chi connectivity index (χ4v) is 2.71. The molecule has 0 aliphatic carbocycles. The Morgan fingerprint density at radius 3 is 2.94 bits per heavy atom. The molecule has 2 N–H and O–H groups in total. The predicted molar refractivity (Wildman–Crippen MR) is 66.8 cm³/mol. The van der Waals surface area contributed by atoms with Crippen LogP contribution >= 0.6 is 12.4 Å². The van der Waals surface area contributed by atoms with E-state index in [1.165, 1.54) is 13.0 Å². The van der Waals surface area contributed by atoms with Crippen LogP contribution in [0.2, 0.25) is 0 Å². The van der Waals surface area contributed by atoms with Gasteiger partial charge in [0.05, 0.1) is 6.54 Å². The number of fused-ring (bicyclic) bond motifs is 1. The second-order valence-electron chi connectivity index (χ2n) is 4.66. The van der Waals surface area contributed by atoms with Crippen molar-refractivity contribution in [3.63, 3.8) is 0 Å². The molecule has 94 valence electrons. The van der Waals surface area contributed by atoms with Gasteiger partial charge in [-0.2, -0.15) is 0 Å². The highest BCUT2D eigenvalue weighted by Crippen LogP contribution is 2.25. The lowest BCUT2D eigenvalue weighted by molar-refractivity contribution is -0.122. The Balaban J connectivity index is 0.00000128. The maximum absolute atomic E-state index is 11.4. The average molecular weight is 248 g/mol. The van der Waals surface area contributed by atoms with Gasteiger partial charge in [0.25, 0.3) is 0 Å². The first kappa shape index (κ1) is 13.7. The van der Waals surface area contributed by atoms with Crippen LogP contribution in [0.1, 0.15) is 13.3 Å². The first-order valence-corrected chi connectivity index (χ1v) is 5.99. The van der Waals surface area contributed by atoms with Crippen molar-refractivity contribution >= 4 is 18.3 Å². The quantitative estimate of drug-likeness (QED) is 0.743. The largest absolute Gasteiger partial charge is 0.355 e. The summed E-state index contributed by atoms with van der Waals surface area (Å²) in [5.41, 5.74) is 0. The van der Waals surface area contributed by atoms with Crippen LogP contribution < -0.4 is 10.6 Å². The summed E-state index contributed by atoms with van der Waals surface area (Å²) in [6.07, 6.45) is 1.25. The van der Waals surface area contributed by atoms with Crippen molar-refractivity contribution in [2.75, 3.05) is 39.3 Å². The zero-order chi connectivity index (χ0) is 10.7. The lowest BCUT2D eigenvalue weighted by atomic mass is 9.89. The molecule has 2 heterocycles.